The number of aliphatic hydroxyl groups excluding tert-OH is 1. The first-order valence-electron chi connectivity index (χ1n) is 8.73. The topological polar surface area (TPSA) is 64.6 Å². The highest BCUT2D eigenvalue weighted by Crippen LogP contribution is 2.18. The minimum atomic E-state index is -0.517. The Morgan fingerprint density at radius 1 is 1.24 bits per heavy atom. The van der Waals surface area contributed by atoms with E-state index in [0.717, 1.165) is 41.9 Å². The van der Waals surface area contributed by atoms with Crippen LogP contribution in [0.3, 0.4) is 0 Å². The number of aliphatic hydroxyl groups is 1. The van der Waals surface area contributed by atoms with Crippen molar-refractivity contribution >= 4 is 11.7 Å². The summed E-state index contributed by atoms with van der Waals surface area (Å²) < 4.78 is 0. The van der Waals surface area contributed by atoms with E-state index in [1.807, 2.05) is 55.5 Å². The van der Waals surface area contributed by atoms with Gasteiger partial charge in [0.25, 0.3) is 0 Å². The standard InChI is InChI=1S/C20H25N3O2/c1-15-4-2-5-17(12-15)19(24)14-21-13-16-6-8-18(9-7-16)23-11-3-10-22-20(23)25/h2,4-9,12,19,21,24H,3,10-11,13-14H2,1H3,(H,22,25). The van der Waals surface area contributed by atoms with Gasteiger partial charge in [0.15, 0.2) is 0 Å². The summed E-state index contributed by atoms with van der Waals surface area (Å²) in [6.45, 7) is 4.70. The van der Waals surface area contributed by atoms with E-state index in [-0.39, 0.29) is 6.03 Å². The Balaban J connectivity index is 1.51. The molecule has 2 amide bonds. The molecule has 25 heavy (non-hydrogen) atoms. The number of hydrogen-bond acceptors (Lipinski definition) is 3. The third kappa shape index (κ3) is 4.59. The van der Waals surface area contributed by atoms with Gasteiger partial charge in [-0.3, -0.25) is 4.90 Å². The van der Waals surface area contributed by atoms with Gasteiger partial charge in [0.1, 0.15) is 0 Å². The number of nitrogens with one attached hydrogen (secondary N) is 2. The quantitative estimate of drug-likeness (QED) is 0.758. The van der Waals surface area contributed by atoms with Crippen molar-refractivity contribution in [2.24, 2.45) is 0 Å². The van der Waals surface area contributed by atoms with Gasteiger partial charge in [-0.15, -0.1) is 0 Å². The van der Waals surface area contributed by atoms with Crippen LogP contribution in [0.2, 0.25) is 0 Å². The summed E-state index contributed by atoms with van der Waals surface area (Å²) in [5.41, 5.74) is 4.12. The van der Waals surface area contributed by atoms with Gasteiger partial charge < -0.3 is 15.7 Å². The molecule has 2 aromatic rings. The van der Waals surface area contributed by atoms with Gasteiger partial charge >= 0.3 is 6.03 Å². The van der Waals surface area contributed by atoms with Crippen LogP contribution in [0.1, 0.15) is 29.2 Å². The van der Waals surface area contributed by atoms with E-state index >= 15 is 0 Å². The van der Waals surface area contributed by atoms with Gasteiger partial charge in [0.05, 0.1) is 6.10 Å². The van der Waals surface area contributed by atoms with Gasteiger partial charge in [-0.25, -0.2) is 4.79 Å². The van der Waals surface area contributed by atoms with Crippen molar-refractivity contribution in [3.63, 3.8) is 0 Å². The molecular formula is C20H25N3O2. The Morgan fingerprint density at radius 3 is 2.76 bits per heavy atom. The summed E-state index contributed by atoms with van der Waals surface area (Å²) in [5.74, 6) is 0. The SMILES string of the molecule is Cc1cccc(C(O)CNCc2ccc(N3CCCNC3=O)cc2)c1. The normalized spacial score (nSPS) is 15.8. The molecule has 3 rings (SSSR count). The fourth-order valence-electron chi connectivity index (χ4n) is 3.02. The van der Waals surface area contributed by atoms with E-state index in [0.29, 0.717) is 13.1 Å². The molecule has 1 aliphatic heterocycles. The molecule has 0 spiro atoms. The highest BCUT2D eigenvalue weighted by molar-refractivity contribution is 5.92. The van der Waals surface area contributed by atoms with Crippen LogP contribution in [0, 0.1) is 6.92 Å². The zero-order valence-corrected chi connectivity index (χ0v) is 14.5. The Morgan fingerprint density at radius 2 is 2.04 bits per heavy atom. The van der Waals surface area contributed by atoms with Gasteiger partial charge in [-0.05, 0) is 36.6 Å². The number of hydrogen-bond donors (Lipinski definition) is 3. The molecule has 5 heteroatoms. The maximum absolute atomic E-state index is 11.9. The largest absolute Gasteiger partial charge is 0.387 e. The Bertz CT molecular complexity index is 715. The fourth-order valence-corrected chi connectivity index (χ4v) is 3.02. The maximum Gasteiger partial charge on any atom is 0.321 e. The average Bonchev–Trinajstić information content (AvgIpc) is 2.63. The Kier molecular flexibility index (Phi) is 5.68. The van der Waals surface area contributed by atoms with Crippen LogP contribution < -0.4 is 15.5 Å². The molecule has 1 unspecified atom stereocenters. The molecule has 1 heterocycles. The van der Waals surface area contributed by atoms with Crippen LogP contribution in [0.5, 0.6) is 0 Å². The van der Waals surface area contributed by atoms with Crippen molar-refractivity contribution in [3.8, 4) is 0 Å². The highest BCUT2D eigenvalue weighted by Gasteiger charge is 2.18. The molecule has 0 aliphatic carbocycles. The summed E-state index contributed by atoms with van der Waals surface area (Å²) in [7, 11) is 0. The van der Waals surface area contributed by atoms with Gasteiger partial charge in [-0.1, -0.05) is 42.0 Å². The number of benzene rings is 2. The van der Waals surface area contributed by atoms with E-state index in [9.17, 15) is 9.90 Å². The lowest BCUT2D eigenvalue weighted by atomic mass is 10.1. The fraction of sp³-hybridized carbons (Fsp3) is 0.350. The third-order valence-electron chi connectivity index (χ3n) is 4.42. The van der Waals surface area contributed by atoms with Crippen molar-refractivity contribution in [1.29, 1.82) is 0 Å². The van der Waals surface area contributed by atoms with Crippen molar-refractivity contribution in [2.45, 2.75) is 26.0 Å². The van der Waals surface area contributed by atoms with Crippen LogP contribution in [-0.2, 0) is 6.54 Å². The van der Waals surface area contributed by atoms with Crippen LogP contribution in [0.15, 0.2) is 48.5 Å². The second kappa shape index (κ2) is 8.14. The lowest BCUT2D eigenvalue weighted by molar-refractivity contribution is 0.174. The lowest BCUT2D eigenvalue weighted by Crippen LogP contribution is -2.46. The zero-order valence-electron chi connectivity index (χ0n) is 14.5. The molecule has 0 saturated carbocycles. The summed E-state index contributed by atoms with van der Waals surface area (Å²) in [5, 5.41) is 16.4. The summed E-state index contributed by atoms with van der Waals surface area (Å²) >= 11 is 0. The van der Waals surface area contributed by atoms with Gasteiger partial charge in [0.2, 0.25) is 0 Å². The van der Waals surface area contributed by atoms with E-state index in [1.54, 1.807) is 4.90 Å². The molecule has 132 valence electrons. The molecule has 0 radical (unpaired) electrons. The van der Waals surface area contributed by atoms with Crippen molar-refractivity contribution < 1.29 is 9.90 Å². The van der Waals surface area contributed by atoms with Crippen LogP contribution >= 0.6 is 0 Å². The van der Waals surface area contributed by atoms with E-state index < -0.39 is 6.10 Å². The predicted octanol–water partition coefficient (Wildman–Crippen LogP) is 2.74. The Hall–Kier alpha value is -2.37. The predicted molar refractivity (Wildman–Crippen MR) is 99.6 cm³/mol. The van der Waals surface area contributed by atoms with E-state index in [1.165, 1.54) is 0 Å². The molecule has 3 N–H and O–H groups in total. The number of aryl methyl sites for hydroxylation is 1. The van der Waals surface area contributed by atoms with Crippen molar-refractivity contribution in [1.82, 2.24) is 10.6 Å². The second-order valence-corrected chi connectivity index (χ2v) is 6.46. The van der Waals surface area contributed by atoms with E-state index in [4.69, 9.17) is 0 Å². The van der Waals surface area contributed by atoms with Gasteiger partial charge in [-0.2, -0.15) is 0 Å². The summed E-state index contributed by atoms with van der Waals surface area (Å²) in [4.78, 5) is 13.6. The van der Waals surface area contributed by atoms with Crippen LogP contribution in [-0.4, -0.2) is 30.8 Å². The third-order valence-corrected chi connectivity index (χ3v) is 4.42. The first kappa shape index (κ1) is 17.5. The first-order valence-corrected chi connectivity index (χ1v) is 8.73. The molecular weight excluding hydrogens is 314 g/mol. The number of nitrogens with zero attached hydrogens (tertiary/aromatic N) is 1. The monoisotopic (exact) mass is 339 g/mol. The average molecular weight is 339 g/mol. The molecule has 1 fully saturated rings. The highest BCUT2D eigenvalue weighted by atomic mass is 16.3. The summed E-state index contributed by atoms with van der Waals surface area (Å²) in [6.07, 6.45) is 0.447. The maximum atomic E-state index is 11.9. The van der Waals surface area contributed by atoms with Crippen molar-refractivity contribution in [3.05, 3.63) is 65.2 Å². The van der Waals surface area contributed by atoms with Crippen LogP contribution in [0.25, 0.3) is 0 Å². The number of anilines is 1. The smallest absolute Gasteiger partial charge is 0.321 e. The minimum absolute atomic E-state index is 0.0293. The number of amides is 2. The minimum Gasteiger partial charge on any atom is -0.387 e. The number of urea groups is 1. The van der Waals surface area contributed by atoms with Crippen LogP contribution in [0.4, 0.5) is 10.5 Å². The Labute approximate surface area is 148 Å². The van der Waals surface area contributed by atoms with Gasteiger partial charge in [0, 0.05) is 31.9 Å². The molecule has 5 nitrogen and oxygen atoms in total. The molecule has 0 aromatic heterocycles. The number of carbonyl (C=O) groups is 1. The van der Waals surface area contributed by atoms with Crippen molar-refractivity contribution in [2.75, 3.05) is 24.5 Å². The molecule has 0 bridgehead atoms. The zero-order chi connectivity index (χ0) is 17.6. The van der Waals surface area contributed by atoms with E-state index in [2.05, 4.69) is 10.6 Å². The second-order valence-electron chi connectivity index (χ2n) is 6.46. The number of carbonyl (C=O) groups excluding carboxylic acids is 1. The number of rotatable bonds is 6. The first-order chi connectivity index (χ1) is 12.1. The lowest BCUT2D eigenvalue weighted by Gasteiger charge is -2.27. The molecule has 2 aromatic carbocycles. The molecule has 1 saturated heterocycles. The summed E-state index contributed by atoms with van der Waals surface area (Å²) in [6, 6.07) is 15.9. The molecule has 1 atom stereocenters. The molecule has 1 aliphatic rings.